The number of amides is 3. The molecule has 2 aliphatic heterocycles. The van der Waals surface area contributed by atoms with Crippen molar-refractivity contribution < 1.29 is 27.6 Å². The summed E-state index contributed by atoms with van der Waals surface area (Å²) < 4.78 is 29.8. The van der Waals surface area contributed by atoms with E-state index in [1.807, 2.05) is 13.8 Å². The number of fused-ring (bicyclic) bond motifs is 4. The van der Waals surface area contributed by atoms with Gasteiger partial charge in [0.2, 0.25) is 27.7 Å². The molecule has 0 unspecified atom stereocenters. The van der Waals surface area contributed by atoms with Gasteiger partial charge in [-0.1, -0.05) is 34.6 Å². The zero-order chi connectivity index (χ0) is 30.8. The number of nitrogens with zero attached hydrogens (tertiary/aromatic N) is 2. The third-order valence-electron chi connectivity index (χ3n) is 10.9. The predicted molar refractivity (Wildman–Crippen MR) is 154 cm³/mol. The van der Waals surface area contributed by atoms with E-state index in [1.165, 1.54) is 4.90 Å². The molecule has 3 amide bonds. The second-order valence-electron chi connectivity index (χ2n) is 15.1. The highest BCUT2D eigenvalue weighted by molar-refractivity contribution is 7.89. The topological polar surface area (TPSA) is 166 Å². The van der Waals surface area contributed by atoms with Crippen LogP contribution in [0.5, 0.6) is 0 Å². The first-order valence-electron chi connectivity index (χ1n) is 15.3. The Hall–Kier alpha value is -2.52. The number of rotatable bonds is 9. The number of ketones is 1. The van der Waals surface area contributed by atoms with E-state index in [2.05, 4.69) is 21.4 Å². The van der Waals surface area contributed by atoms with Crippen LogP contribution in [0, 0.1) is 51.2 Å². The van der Waals surface area contributed by atoms with Crippen molar-refractivity contribution in [3.63, 3.8) is 0 Å². The molecule has 6 atom stereocenters. The fourth-order valence-corrected chi connectivity index (χ4v) is 10.2. The van der Waals surface area contributed by atoms with Crippen molar-refractivity contribution >= 4 is 33.5 Å². The summed E-state index contributed by atoms with van der Waals surface area (Å²) in [6, 6.07) is -0.783. The summed E-state index contributed by atoms with van der Waals surface area (Å²) >= 11 is 0. The molecule has 232 valence electrons. The first-order chi connectivity index (χ1) is 19.5. The summed E-state index contributed by atoms with van der Waals surface area (Å²) in [5, 5.41) is 15.3. The molecule has 42 heavy (non-hydrogen) atoms. The van der Waals surface area contributed by atoms with Gasteiger partial charge >= 0.3 is 0 Å². The van der Waals surface area contributed by atoms with Crippen molar-refractivity contribution in [2.75, 3.05) is 18.8 Å². The van der Waals surface area contributed by atoms with Crippen molar-refractivity contribution in [1.82, 2.24) is 20.3 Å². The van der Waals surface area contributed by atoms with E-state index in [1.54, 1.807) is 20.8 Å². The van der Waals surface area contributed by atoms with E-state index in [-0.39, 0.29) is 47.0 Å². The molecule has 6 rings (SSSR count). The highest BCUT2D eigenvalue weighted by atomic mass is 32.2. The van der Waals surface area contributed by atoms with Crippen LogP contribution in [0.4, 0.5) is 0 Å². The Morgan fingerprint density at radius 1 is 1.17 bits per heavy atom. The summed E-state index contributed by atoms with van der Waals surface area (Å²) in [4.78, 5) is 54.3. The Morgan fingerprint density at radius 3 is 2.38 bits per heavy atom. The Balaban J connectivity index is 1.34. The highest BCUT2D eigenvalue weighted by Crippen LogP contribution is 2.65. The van der Waals surface area contributed by atoms with Gasteiger partial charge in [0.15, 0.2) is 0 Å². The minimum absolute atomic E-state index is 0.00902. The maximum atomic E-state index is 14.2. The number of nitrogens with one attached hydrogen (secondary N) is 3. The number of sulfonamides is 1. The zero-order valence-electron chi connectivity index (χ0n) is 25.4. The highest BCUT2D eigenvalue weighted by Gasteiger charge is 2.70. The lowest BCUT2D eigenvalue weighted by atomic mass is 9.61. The molecule has 0 aromatic heterocycles. The van der Waals surface area contributed by atoms with Crippen LogP contribution in [-0.2, 0) is 29.2 Å². The van der Waals surface area contributed by atoms with Crippen LogP contribution in [0.2, 0.25) is 0 Å². The molecule has 2 heterocycles. The van der Waals surface area contributed by atoms with E-state index in [9.17, 15) is 32.9 Å². The van der Waals surface area contributed by atoms with E-state index < -0.39 is 50.8 Å². The van der Waals surface area contributed by atoms with Crippen LogP contribution < -0.4 is 15.4 Å². The summed E-state index contributed by atoms with van der Waals surface area (Å²) in [5.41, 5.74) is -1.89. The fraction of sp³-hybridized carbons (Fsp3) is 0.833. The lowest BCUT2D eigenvalue weighted by Gasteiger charge is -2.45. The second kappa shape index (κ2) is 10.6. The number of hydrogen-bond acceptors (Lipinski definition) is 7. The van der Waals surface area contributed by atoms with Crippen LogP contribution >= 0.6 is 0 Å². The summed E-state index contributed by atoms with van der Waals surface area (Å²) in [6.45, 7) is 10.3. The molecule has 6 aliphatic rings. The monoisotopic (exact) mass is 603 g/mol. The van der Waals surface area contributed by atoms with Gasteiger partial charge in [0.1, 0.15) is 23.9 Å². The first-order valence-corrected chi connectivity index (χ1v) is 17.0. The van der Waals surface area contributed by atoms with Crippen molar-refractivity contribution in [3.05, 3.63) is 0 Å². The average molecular weight is 604 g/mol. The van der Waals surface area contributed by atoms with Gasteiger partial charge in [-0.3, -0.25) is 19.2 Å². The zero-order valence-corrected chi connectivity index (χ0v) is 26.2. The maximum Gasteiger partial charge on any atom is 0.244 e. The molecule has 2 bridgehead atoms. The lowest BCUT2D eigenvalue weighted by Crippen LogP contribution is -2.60. The number of carbonyl (C=O) groups excluding carboxylic acids is 4. The van der Waals surface area contributed by atoms with Crippen LogP contribution in [0.1, 0.15) is 79.6 Å². The molecular weight excluding hydrogens is 558 g/mol. The van der Waals surface area contributed by atoms with E-state index in [0.29, 0.717) is 44.7 Å². The standard InChI is InChI=1S/C30H45N5O6S/c1-28(2,3)24(34-42(40,41)16-30-9-6-17(7-10-30)12-21(30)36)27(39)35-15-20-22(29(20,4)5)23(35)26(38)33-19(14-31)13-18-8-11-32-25(18)37/h17-20,22-24,34H,6-13,15-16H2,1-5H3,(H,32,37)(H,33,38)/t17-,18-,19-,20-,22-,23-,24+,30+/m0/s1. The smallest absolute Gasteiger partial charge is 0.244 e. The van der Waals surface area contributed by atoms with E-state index >= 15 is 0 Å². The third kappa shape index (κ3) is 5.59. The van der Waals surface area contributed by atoms with Crippen LogP contribution in [-0.4, -0.2) is 73.8 Å². The maximum absolute atomic E-state index is 14.2. The summed E-state index contributed by atoms with van der Waals surface area (Å²) in [5.74, 6) is -1.43. The fourth-order valence-electron chi connectivity index (χ4n) is 8.13. The first kappa shape index (κ1) is 30.9. The molecule has 12 heteroatoms. The minimum atomic E-state index is -4.02. The number of carbonyl (C=O) groups is 4. The molecule has 4 aliphatic carbocycles. The van der Waals surface area contributed by atoms with E-state index in [0.717, 1.165) is 12.8 Å². The van der Waals surface area contributed by atoms with Gasteiger partial charge in [0.05, 0.1) is 11.8 Å². The largest absolute Gasteiger partial charge is 0.356 e. The van der Waals surface area contributed by atoms with Gasteiger partial charge < -0.3 is 15.5 Å². The van der Waals surface area contributed by atoms with Crippen molar-refractivity contribution in [2.24, 2.45) is 39.9 Å². The minimum Gasteiger partial charge on any atom is -0.356 e. The average Bonchev–Trinajstić information content (AvgIpc) is 3.24. The number of likely N-dealkylation sites (tertiary alicyclic amines) is 1. The Morgan fingerprint density at radius 2 is 1.83 bits per heavy atom. The predicted octanol–water partition coefficient (Wildman–Crippen LogP) is 1.49. The van der Waals surface area contributed by atoms with Gasteiger partial charge in [0, 0.05) is 30.8 Å². The number of hydrogen-bond donors (Lipinski definition) is 3. The molecule has 0 aromatic rings. The number of piperidine rings is 1. The molecule has 0 radical (unpaired) electrons. The van der Waals surface area contributed by atoms with Crippen molar-refractivity contribution in [3.8, 4) is 6.07 Å². The van der Waals surface area contributed by atoms with Gasteiger partial charge in [-0.15, -0.1) is 0 Å². The molecule has 11 nitrogen and oxygen atoms in total. The van der Waals surface area contributed by atoms with E-state index in [4.69, 9.17) is 0 Å². The van der Waals surface area contributed by atoms with Gasteiger partial charge in [0.25, 0.3) is 0 Å². The SMILES string of the molecule is CC(C)(C)[C@H](NS(=O)(=O)C[C@]12CC[C@H](CC1)CC2=O)C(=O)N1C[C@H]2[C@@H]([C@H]1C(=O)N[C@H](C#N)C[C@@H]1CCNC1=O)C2(C)C. The number of nitriles is 1. The molecule has 6 fully saturated rings. The molecule has 3 N–H and O–H groups in total. The van der Waals surface area contributed by atoms with Crippen molar-refractivity contribution in [1.29, 1.82) is 5.26 Å². The van der Waals surface area contributed by atoms with Gasteiger partial charge in [-0.25, -0.2) is 13.1 Å². The summed E-state index contributed by atoms with van der Waals surface area (Å²) in [7, 11) is -4.02. The van der Waals surface area contributed by atoms with Crippen LogP contribution in [0.15, 0.2) is 0 Å². The van der Waals surface area contributed by atoms with Crippen molar-refractivity contribution in [2.45, 2.75) is 97.7 Å². The Labute approximate surface area is 249 Å². The van der Waals surface area contributed by atoms with Crippen LogP contribution in [0.3, 0.4) is 0 Å². The number of Topliss-reactive ketones (excluding diaryl/α,β-unsaturated/α-hetero) is 1. The van der Waals surface area contributed by atoms with Gasteiger partial charge in [-0.05, 0) is 67.1 Å². The molecule has 4 saturated carbocycles. The molecular formula is C30H45N5O6S. The third-order valence-corrected chi connectivity index (χ3v) is 12.4. The Bertz CT molecular complexity index is 1310. The second-order valence-corrected chi connectivity index (χ2v) is 16.9. The molecule has 2 saturated heterocycles. The molecule has 0 spiro atoms. The summed E-state index contributed by atoms with van der Waals surface area (Å²) in [6.07, 6.45) is 4.02. The lowest BCUT2D eigenvalue weighted by molar-refractivity contribution is -0.143. The van der Waals surface area contributed by atoms with Crippen LogP contribution in [0.25, 0.3) is 0 Å². The quantitative estimate of drug-likeness (QED) is 0.359. The molecule has 0 aromatic carbocycles. The normalized spacial score (nSPS) is 34.8. The Kier molecular flexibility index (Phi) is 7.79. The van der Waals surface area contributed by atoms with Gasteiger partial charge in [-0.2, -0.15) is 5.26 Å².